The van der Waals surface area contributed by atoms with Crippen LogP contribution in [0, 0.1) is 5.82 Å². The zero-order valence-corrected chi connectivity index (χ0v) is 19.4. The zero-order chi connectivity index (χ0) is 29.9. The smallest absolute Gasteiger partial charge is 0.383 e. The maximum atomic E-state index is 14.8. The van der Waals surface area contributed by atoms with Crippen LogP contribution in [0.4, 0.5) is 70.5 Å². The van der Waals surface area contributed by atoms with E-state index < -0.39 is 87.2 Å². The standard InChI is InChI=1S/C20H15F11N6O2/c1-16(2)7-36(15(39)35-16)14-33-6-9(12(32)34-14)13(38)37(20(30,31)18(25,26)19(27,28)29)11-5-8(17(22,23)24)3-4-10(11)21/h3-6H,7H2,1-2H3,(H,35,39)(H2,32,33,34). The molecule has 214 valence electrons. The third-order valence-electron chi connectivity index (χ3n) is 5.25. The van der Waals surface area contributed by atoms with E-state index in [9.17, 15) is 57.9 Å². The summed E-state index contributed by atoms with van der Waals surface area (Å²) in [5.74, 6) is -13.6. The Morgan fingerprint density at radius 2 is 1.67 bits per heavy atom. The zero-order valence-electron chi connectivity index (χ0n) is 19.4. The second-order valence-electron chi connectivity index (χ2n) is 8.79. The maximum absolute atomic E-state index is 14.8. The van der Waals surface area contributed by atoms with Gasteiger partial charge in [0.2, 0.25) is 5.95 Å². The fourth-order valence-electron chi connectivity index (χ4n) is 3.39. The summed E-state index contributed by atoms with van der Waals surface area (Å²) in [4.78, 5) is 31.1. The Hall–Kier alpha value is -3.93. The van der Waals surface area contributed by atoms with Gasteiger partial charge in [-0.15, -0.1) is 0 Å². The first-order valence-electron chi connectivity index (χ1n) is 10.3. The summed E-state index contributed by atoms with van der Waals surface area (Å²) in [5, 5.41) is 2.48. The number of amides is 3. The van der Waals surface area contributed by atoms with Crippen molar-refractivity contribution in [2.45, 2.75) is 43.7 Å². The molecule has 0 aliphatic carbocycles. The van der Waals surface area contributed by atoms with Gasteiger partial charge in [0.1, 0.15) is 17.2 Å². The Labute approximate surface area is 210 Å². The number of alkyl halides is 10. The average molecular weight is 580 g/mol. The highest BCUT2D eigenvalue weighted by Gasteiger charge is 2.76. The molecular formula is C20H15F11N6O2. The van der Waals surface area contributed by atoms with Crippen molar-refractivity contribution in [2.24, 2.45) is 0 Å². The van der Waals surface area contributed by atoms with Crippen LogP contribution in [-0.4, -0.2) is 52.1 Å². The second kappa shape index (κ2) is 9.08. The third-order valence-corrected chi connectivity index (χ3v) is 5.25. The lowest BCUT2D eigenvalue weighted by molar-refractivity contribution is -0.352. The first-order valence-corrected chi connectivity index (χ1v) is 10.3. The normalized spacial score (nSPS) is 16.3. The minimum atomic E-state index is -7.11. The number of aromatic nitrogens is 2. The number of anilines is 3. The van der Waals surface area contributed by atoms with Crippen molar-refractivity contribution < 1.29 is 57.9 Å². The molecule has 1 saturated heterocycles. The van der Waals surface area contributed by atoms with E-state index in [1.165, 1.54) is 0 Å². The first-order chi connectivity index (χ1) is 17.5. The van der Waals surface area contributed by atoms with Gasteiger partial charge in [0.05, 0.1) is 23.3 Å². The summed E-state index contributed by atoms with van der Waals surface area (Å²) in [6, 6.07) is -8.26. The molecule has 0 saturated carbocycles. The molecule has 1 aromatic heterocycles. The van der Waals surface area contributed by atoms with Gasteiger partial charge in [-0.1, -0.05) is 0 Å². The van der Waals surface area contributed by atoms with E-state index in [2.05, 4.69) is 15.3 Å². The number of hydrogen-bond acceptors (Lipinski definition) is 5. The van der Waals surface area contributed by atoms with E-state index in [-0.39, 0.29) is 24.9 Å². The molecule has 8 nitrogen and oxygen atoms in total. The van der Waals surface area contributed by atoms with E-state index in [0.717, 1.165) is 4.90 Å². The van der Waals surface area contributed by atoms with Crippen LogP contribution < -0.4 is 20.9 Å². The van der Waals surface area contributed by atoms with Crippen LogP contribution in [0.5, 0.6) is 0 Å². The molecule has 1 aromatic carbocycles. The Balaban J connectivity index is 2.21. The fraction of sp³-hybridized carbons (Fsp3) is 0.400. The van der Waals surface area contributed by atoms with Crippen LogP contribution in [-0.2, 0) is 6.18 Å². The van der Waals surface area contributed by atoms with E-state index in [1.807, 2.05) is 0 Å². The molecule has 1 fully saturated rings. The highest BCUT2D eigenvalue weighted by Crippen LogP contribution is 2.50. The van der Waals surface area contributed by atoms with E-state index in [0.29, 0.717) is 0 Å². The number of benzene rings is 1. The minimum Gasteiger partial charge on any atom is -0.383 e. The summed E-state index contributed by atoms with van der Waals surface area (Å²) < 4.78 is 150. The number of urea groups is 1. The summed E-state index contributed by atoms with van der Waals surface area (Å²) in [5.41, 5.74) is -1.01. The second-order valence-corrected chi connectivity index (χ2v) is 8.79. The summed E-state index contributed by atoms with van der Waals surface area (Å²) >= 11 is 0. The number of hydrogen-bond donors (Lipinski definition) is 2. The number of nitrogens with two attached hydrogens (primary N) is 1. The first kappa shape index (κ1) is 29.6. The summed E-state index contributed by atoms with van der Waals surface area (Å²) in [7, 11) is 0. The molecule has 0 unspecified atom stereocenters. The van der Waals surface area contributed by atoms with Crippen LogP contribution in [0.2, 0.25) is 0 Å². The molecule has 3 rings (SSSR count). The molecule has 0 atom stereocenters. The largest absolute Gasteiger partial charge is 0.462 e. The van der Waals surface area contributed by atoms with Gasteiger partial charge in [-0.25, -0.2) is 19.1 Å². The van der Waals surface area contributed by atoms with Crippen molar-refractivity contribution in [2.75, 3.05) is 22.1 Å². The van der Waals surface area contributed by atoms with Crippen molar-refractivity contribution >= 4 is 29.4 Å². The Morgan fingerprint density at radius 3 is 2.13 bits per heavy atom. The predicted octanol–water partition coefficient (Wildman–Crippen LogP) is 4.96. The van der Waals surface area contributed by atoms with Gasteiger partial charge in [-0.3, -0.25) is 9.69 Å². The molecule has 19 heteroatoms. The number of halogens is 11. The van der Waals surface area contributed by atoms with Gasteiger partial charge in [0.25, 0.3) is 5.91 Å². The molecule has 0 bridgehead atoms. The number of carbonyl (C=O) groups excluding carboxylic acids is 2. The van der Waals surface area contributed by atoms with Crippen molar-refractivity contribution in [1.82, 2.24) is 15.3 Å². The topological polar surface area (TPSA) is 104 Å². The molecule has 0 spiro atoms. The maximum Gasteiger partial charge on any atom is 0.462 e. The Kier molecular flexibility index (Phi) is 6.89. The SMILES string of the molecule is CC1(C)CN(c2ncc(C(=O)N(c3cc(C(F)(F)F)ccc3F)C(F)(F)C(F)(F)C(F)(F)F)c(N)n2)C(=O)N1. The van der Waals surface area contributed by atoms with Crippen LogP contribution in [0.3, 0.4) is 0 Å². The van der Waals surface area contributed by atoms with E-state index in [1.54, 1.807) is 13.8 Å². The minimum absolute atomic E-state index is 0.0314. The fourth-order valence-corrected chi connectivity index (χ4v) is 3.39. The van der Waals surface area contributed by atoms with Gasteiger partial charge >= 0.3 is 30.4 Å². The van der Waals surface area contributed by atoms with E-state index in [4.69, 9.17) is 5.73 Å². The highest BCUT2D eigenvalue weighted by atomic mass is 19.4. The number of nitrogens with one attached hydrogen (secondary N) is 1. The molecule has 2 heterocycles. The van der Waals surface area contributed by atoms with Crippen molar-refractivity contribution in [3.63, 3.8) is 0 Å². The number of carbonyl (C=O) groups is 2. The number of nitrogen functional groups attached to an aromatic ring is 1. The molecule has 0 radical (unpaired) electrons. The van der Waals surface area contributed by atoms with Crippen LogP contribution in [0.15, 0.2) is 24.4 Å². The molecule has 39 heavy (non-hydrogen) atoms. The predicted molar refractivity (Wildman–Crippen MR) is 111 cm³/mol. The Bertz CT molecular complexity index is 1310. The van der Waals surface area contributed by atoms with Crippen LogP contribution in [0.1, 0.15) is 29.8 Å². The highest BCUT2D eigenvalue weighted by molar-refractivity contribution is 6.09. The summed E-state index contributed by atoms with van der Waals surface area (Å²) in [6.07, 6.45) is -12.2. The molecular weight excluding hydrogens is 565 g/mol. The van der Waals surface area contributed by atoms with Crippen LogP contribution in [0.25, 0.3) is 0 Å². The molecule has 1 aliphatic rings. The van der Waals surface area contributed by atoms with Gasteiger partial charge in [0, 0.05) is 6.20 Å². The Morgan fingerprint density at radius 1 is 1.08 bits per heavy atom. The lowest BCUT2D eigenvalue weighted by atomic mass is 10.1. The van der Waals surface area contributed by atoms with Gasteiger partial charge in [0.15, 0.2) is 0 Å². The van der Waals surface area contributed by atoms with Gasteiger partial charge < -0.3 is 11.1 Å². The molecule has 3 amide bonds. The van der Waals surface area contributed by atoms with Crippen LogP contribution >= 0.6 is 0 Å². The number of nitrogens with zero attached hydrogens (tertiary/aromatic N) is 4. The monoisotopic (exact) mass is 580 g/mol. The van der Waals surface area contributed by atoms with Crippen molar-refractivity contribution in [3.05, 3.63) is 41.3 Å². The van der Waals surface area contributed by atoms with E-state index >= 15 is 0 Å². The lowest BCUT2D eigenvalue weighted by Gasteiger charge is -2.37. The molecule has 2 aromatic rings. The average Bonchev–Trinajstić information content (AvgIpc) is 3.05. The number of rotatable bonds is 5. The lowest BCUT2D eigenvalue weighted by Crippen LogP contribution is -2.63. The van der Waals surface area contributed by atoms with Crippen molar-refractivity contribution in [1.29, 1.82) is 0 Å². The third kappa shape index (κ3) is 5.20. The van der Waals surface area contributed by atoms with Gasteiger partial charge in [-0.05, 0) is 32.0 Å². The molecule has 1 aliphatic heterocycles. The van der Waals surface area contributed by atoms with Crippen molar-refractivity contribution in [3.8, 4) is 0 Å². The molecule has 3 N–H and O–H groups in total. The quantitative estimate of drug-likeness (QED) is 0.385. The van der Waals surface area contributed by atoms with Gasteiger partial charge in [-0.2, -0.15) is 48.9 Å². The summed E-state index contributed by atoms with van der Waals surface area (Å²) in [6.45, 7) is 3.03.